The Morgan fingerprint density at radius 1 is 1.57 bits per heavy atom. The average Bonchev–Trinajstić information content (AvgIpc) is 3.02. The van der Waals surface area contributed by atoms with E-state index in [1.807, 2.05) is 4.57 Å². The molecule has 0 spiro atoms. The number of amides is 1. The van der Waals surface area contributed by atoms with E-state index in [0.29, 0.717) is 12.0 Å². The van der Waals surface area contributed by atoms with Gasteiger partial charge in [-0.3, -0.25) is 4.79 Å². The molecule has 7 heteroatoms. The van der Waals surface area contributed by atoms with Crippen LogP contribution < -0.4 is 5.32 Å². The van der Waals surface area contributed by atoms with Gasteiger partial charge in [-0.2, -0.15) is 0 Å². The van der Waals surface area contributed by atoms with Crippen LogP contribution in [0.5, 0.6) is 0 Å². The molecule has 2 N–H and O–H groups in total. The number of hydrogen-bond donors (Lipinski definition) is 2. The molecular formula is C16H17ClFN3O2. The number of halogens is 2. The molecule has 2 heterocycles. The first kappa shape index (κ1) is 16.0. The highest BCUT2D eigenvalue weighted by Gasteiger charge is 2.25. The van der Waals surface area contributed by atoms with E-state index >= 15 is 0 Å². The van der Waals surface area contributed by atoms with E-state index in [2.05, 4.69) is 10.3 Å². The van der Waals surface area contributed by atoms with Crippen molar-refractivity contribution in [2.75, 3.05) is 6.54 Å². The molecule has 0 saturated heterocycles. The lowest BCUT2D eigenvalue weighted by Gasteiger charge is -2.23. The molecule has 1 aromatic heterocycles. The van der Waals surface area contributed by atoms with Crippen LogP contribution in [-0.2, 0) is 17.8 Å². The van der Waals surface area contributed by atoms with E-state index in [0.717, 1.165) is 18.7 Å². The predicted molar refractivity (Wildman–Crippen MR) is 83.4 cm³/mol. The molecule has 0 saturated carbocycles. The third kappa shape index (κ3) is 3.54. The number of aromatic nitrogens is 2. The minimum absolute atomic E-state index is 0.00352. The number of aliphatic hydroxyl groups excluding tert-OH is 1. The second-order valence-corrected chi connectivity index (χ2v) is 6.11. The van der Waals surface area contributed by atoms with Crippen molar-refractivity contribution in [3.05, 3.63) is 52.8 Å². The number of nitrogens with zero attached hydrogens (tertiary/aromatic N) is 2. The van der Waals surface area contributed by atoms with Crippen LogP contribution in [0.4, 0.5) is 4.39 Å². The van der Waals surface area contributed by atoms with Crippen molar-refractivity contribution < 1.29 is 14.3 Å². The summed E-state index contributed by atoms with van der Waals surface area (Å²) >= 11 is 5.61. The Kier molecular flexibility index (Phi) is 4.63. The first-order chi connectivity index (χ1) is 11.0. The van der Waals surface area contributed by atoms with Crippen LogP contribution in [0.25, 0.3) is 0 Å². The Hall–Kier alpha value is -1.92. The first-order valence-electron chi connectivity index (χ1n) is 7.44. The van der Waals surface area contributed by atoms with Crippen molar-refractivity contribution in [1.82, 2.24) is 14.9 Å². The minimum atomic E-state index is -0.972. The second-order valence-electron chi connectivity index (χ2n) is 5.70. The van der Waals surface area contributed by atoms with Gasteiger partial charge >= 0.3 is 0 Å². The van der Waals surface area contributed by atoms with Gasteiger partial charge in [-0.1, -0.05) is 17.7 Å². The maximum atomic E-state index is 13.4. The zero-order valence-electron chi connectivity index (χ0n) is 12.4. The monoisotopic (exact) mass is 337 g/mol. The van der Waals surface area contributed by atoms with Crippen molar-refractivity contribution >= 4 is 17.5 Å². The number of hydrogen-bond acceptors (Lipinski definition) is 3. The summed E-state index contributed by atoms with van der Waals surface area (Å²) in [6.07, 6.45) is 3.94. The lowest BCUT2D eigenvalue weighted by Crippen LogP contribution is -2.37. The van der Waals surface area contributed by atoms with E-state index in [-0.39, 0.29) is 23.4 Å². The van der Waals surface area contributed by atoms with Crippen LogP contribution in [0.15, 0.2) is 30.7 Å². The predicted octanol–water partition coefficient (Wildman–Crippen LogP) is 2.09. The van der Waals surface area contributed by atoms with Gasteiger partial charge in [0, 0.05) is 37.3 Å². The third-order valence-corrected chi connectivity index (χ3v) is 4.45. The quantitative estimate of drug-likeness (QED) is 0.897. The summed E-state index contributed by atoms with van der Waals surface area (Å²) < 4.78 is 15.4. The van der Waals surface area contributed by atoms with E-state index in [9.17, 15) is 14.3 Å². The molecule has 1 aliphatic heterocycles. The summed E-state index contributed by atoms with van der Waals surface area (Å²) in [5.74, 6) is -0.825. The zero-order chi connectivity index (χ0) is 16.4. The molecule has 3 rings (SSSR count). The highest BCUT2D eigenvalue weighted by Crippen LogP contribution is 2.22. The Labute approximate surface area is 138 Å². The molecule has 5 nitrogen and oxygen atoms in total. The van der Waals surface area contributed by atoms with Crippen LogP contribution in [-0.4, -0.2) is 27.1 Å². The van der Waals surface area contributed by atoms with Crippen molar-refractivity contribution in [3.8, 4) is 0 Å². The number of fused-ring (bicyclic) bond motifs is 1. The van der Waals surface area contributed by atoms with Crippen LogP contribution >= 0.6 is 11.6 Å². The maximum absolute atomic E-state index is 13.4. The molecule has 0 aliphatic carbocycles. The molecule has 0 bridgehead atoms. The number of aliphatic hydroxyl groups is 1. The van der Waals surface area contributed by atoms with Gasteiger partial charge in [0.1, 0.15) is 5.82 Å². The number of carbonyl (C=O) groups is 1. The van der Waals surface area contributed by atoms with E-state index in [4.69, 9.17) is 11.6 Å². The van der Waals surface area contributed by atoms with Crippen molar-refractivity contribution in [2.45, 2.75) is 25.5 Å². The molecule has 23 heavy (non-hydrogen) atoms. The maximum Gasteiger partial charge on any atom is 0.223 e. The van der Waals surface area contributed by atoms with Crippen LogP contribution in [0.1, 0.15) is 23.8 Å². The summed E-state index contributed by atoms with van der Waals surface area (Å²) in [5, 5.41) is 12.8. The summed E-state index contributed by atoms with van der Waals surface area (Å²) in [7, 11) is 0. The molecule has 2 aromatic rings. The van der Waals surface area contributed by atoms with Gasteiger partial charge in [0.15, 0.2) is 0 Å². The molecule has 1 amide bonds. The number of carbonyl (C=O) groups excluding carboxylic acids is 1. The average molecular weight is 338 g/mol. The fraction of sp³-hybridized carbons (Fsp3) is 0.375. The Morgan fingerprint density at radius 2 is 2.39 bits per heavy atom. The molecule has 1 aliphatic rings. The fourth-order valence-electron chi connectivity index (χ4n) is 2.77. The highest BCUT2D eigenvalue weighted by molar-refractivity contribution is 6.30. The SMILES string of the molecule is O=C(NCC(O)c1ccc(Cl)c(F)c1)C1CCn2cncc2C1. The summed E-state index contributed by atoms with van der Waals surface area (Å²) in [6.45, 7) is 0.800. The molecule has 2 unspecified atom stereocenters. The molecule has 0 radical (unpaired) electrons. The Balaban J connectivity index is 1.55. The zero-order valence-corrected chi connectivity index (χ0v) is 13.1. The number of aryl methyl sites for hydroxylation is 1. The minimum Gasteiger partial charge on any atom is -0.387 e. The Morgan fingerprint density at radius 3 is 3.17 bits per heavy atom. The van der Waals surface area contributed by atoms with Crippen molar-refractivity contribution in [1.29, 1.82) is 0 Å². The molecule has 2 atom stereocenters. The smallest absolute Gasteiger partial charge is 0.223 e. The summed E-state index contributed by atoms with van der Waals surface area (Å²) in [5.41, 5.74) is 1.42. The van der Waals surface area contributed by atoms with E-state index in [1.54, 1.807) is 18.6 Å². The fourth-order valence-corrected chi connectivity index (χ4v) is 2.89. The Bertz CT molecular complexity index is 719. The first-order valence-corrected chi connectivity index (χ1v) is 7.82. The third-order valence-electron chi connectivity index (χ3n) is 4.14. The van der Waals surface area contributed by atoms with Gasteiger partial charge in [0.2, 0.25) is 5.91 Å². The normalized spacial score (nSPS) is 18.3. The molecule has 122 valence electrons. The van der Waals surface area contributed by atoms with Crippen LogP contribution in [0, 0.1) is 11.7 Å². The topological polar surface area (TPSA) is 67.2 Å². The van der Waals surface area contributed by atoms with Crippen molar-refractivity contribution in [2.24, 2.45) is 5.92 Å². The van der Waals surface area contributed by atoms with Gasteiger partial charge in [0.25, 0.3) is 0 Å². The standard InChI is InChI=1S/C16H17ClFN3O2/c17-13-2-1-10(6-14(13)18)15(22)8-20-16(23)11-3-4-21-9-19-7-12(21)5-11/h1-2,6-7,9,11,15,22H,3-5,8H2,(H,20,23). The van der Waals surface area contributed by atoms with Gasteiger partial charge in [-0.25, -0.2) is 9.37 Å². The highest BCUT2D eigenvalue weighted by atomic mass is 35.5. The van der Waals surface area contributed by atoms with E-state index < -0.39 is 11.9 Å². The summed E-state index contributed by atoms with van der Waals surface area (Å²) in [4.78, 5) is 16.3. The van der Waals surface area contributed by atoms with E-state index in [1.165, 1.54) is 12.1 Å². The number of nitrogens with one attached hydrogen (secondary N) is 1. The van der Waals surface area contributed by atoms with Crippen LogP contribution in [0.3, 0.4) is 0 Å². The van der Waals surface area contributed by atoms with Gasteiger partial charge in [-0.05, 0) is 24.1 Å². The van der Waals surface area contributed by atoms with Gasteiger partial charge in [-0.15, -0.1) is 0 Å². The molecule has 1 aromatic carbocycles. The number of rotatable bonds is 4. The summed E-state index contributed by atoms with van der Waals surface area (Å²) in [6, 6.07) is 4.11. The van der Waals surface area contributed by atoms with Crippen LogP contribution in [0.2, 0.25) is 5.02 Å². The lowest BCUT2D eigenvalue weighted by atomic mass is 9.95. The van der Waals surface area contributed by atoms with Crippen molar-refractivity contribution in [3.63, 3.8) is 0 Å². The van der Waals surface area contributed by atoms with Gasteiger partial charge < -0.3 is 15.0 Å². The molecular weight excluding hydrogens is 321 g/mol. The largest absolute Gasteiger partial charge is 0.387 e. The lowest BCUT2D eigenvalue weighted by molar-refractivity contribution is -0.126. The second kappa shape index (κ2) is 6.68. The molecule has 0 fully saturated rings. The number of imidazole rings is 1. The van der Waals surface area contributed by atoms with Gasteiger partial charge in [0.05, 0.1) is 17.5 Å². The number of benzene rings is 1.